The van der Waals surface area contributed by atoms with Crippen molar-refractivity contribution in [1.29, 1.82) is 0 Å². The third-order valence-electron chi connectivity index (χ3n) is 2.66. The fourth-order valence-electron chi connectivity index (χ4n) is 1.68. The van der Waals surface area contributed by atoms with Crippen LogP contribution in [0.25, 0.3) is 0 Å². The maximum Gasteiger partial charge on any atom is 0.152 e. The van der Waals surface area contributed by atoms with E-state index in [2.05, 4.69) is 10.3 Å². The van der Waals surface area contributed by atoms with E-state index in [1.807, 2.05) is 19.1 Å². The van der Waals surface area contributed by atoms with Crippen LogP contribution < -0.4 is 5.32 Å². The molecule has 0 fully saturated rings. The second-order valence-corrected chi connectivity index (χ2v) is 5.49. The van der Waals surface area contributed by atoms with Crippen molar-refractivity contribution in [3.8, 4) is 0 Å². The molecule has 0 saturated carbocycles. The van der Waals surface area contributed by atoms with Gasteiger partial charge in [0, 0.05) is 6.20 Å². The van der Waals surface area contributed by atoms with Gasteiger partial charge >= 0.3 is 0 Å². The molecule has 1 aromatic carbocycles. The first kappa shape index (κ1) is 14.7. The van der Waals surface area contributed by atoms with E-state index in [0.717, 1.165) is 11.3 Å². The second-order valence-electron chi connectivity index (χ2n) is 3.97. The van der Waals surface area contributed by atoms with Gasteiger partial charge in [0.05, 0.1) is 26.8 Å². The highest BCUT2D eigenvalue weighted by Crippen LogP contribution is 2.36. The number of hydrogen-bond donors (Lipinski definition) is 1. The molecule has 0 radical (unpaired) electrons. The third-order valence-corrected chi connectivity index (χ3v) is 4.27. The van der Waals surface area contributed by atoms with Crippen LogP contribution in [0.1, 0.15) is 18.5 Å². The van der Waals surface area contributed by atoms with Crippen LogP contribution in [0.5, 0.6) is 0 Å². The number of aromatic nitrogens is 1. The Labute approximate surface area is 131 Å². The number of anilines is 1. The van der Waals surface area contributed by atoms with E-state index >= 15 is 0 Å². The summed E-state index contributed by atoms with van der Waals surface area (Å²) in [5.41, 5.74) is 1.58. The third kappa shape index (κ3) is 3.26. The number of benzene rings is 1. The Morgan fingerprint density at radius 2 is 1.79 bits per heavy atom. The minimum Gasteiger partial charge on any atom is -0.376 e. The highest BCUT2D eigenvalue weighted by molar-refractivity contribution is 6.48. The summed E-state index contributed by atoms with van der Waals surface area (Å²) in [7, 11) is 0. The van der Waals surface area contributed by atoms with E-state index in [-0.39, 0.29) is 6.04 Å². The smallest absolute Gasteiger partial charge is 0.152 e. The summed E-state index contributed by atoms with van der Waals surface area (Å²) in [6.07, 6.45) is 1.63. The first-order valence-electron chi connectivity index (χ1n) is 5.51. The first-order chi connectivity index (χ1) is 9.00. The Morgan fingerprint density at radius 1 is 1.05 bits per heavy atom. The van der Waals surface area contributed by atoms with Gasteiger partial charge in [-0.15, -0.1) is 0 Å². The van der Waals surface area contributed by atoms with Gasteiger partial charge in [0.15, 0.2) is 5.15 Å². The molecule has 1 heterocycles. The van der Waals surface area contributed by atoms with E-state index in [0.29, 0.717) is 20.2 Å². The zero-order chi connectivity index (χ0) is 14.0. The lowest BCUT2D eigenvalue weighted by Gasteiger charge is -2.18. The molecule has 1 N–H and O–H groups in total. The van der Waals surface area contributed by atoms with Gasteiger partial charge in [0.1, 0.15) is 0 Å². The number of rotatable bonds is 3. The number of pyridine rings is 1. The van der Waals surface area contributed by atoms with Crippen LogP contribution in [0.2, 0.25) is 20.2 Å². The first-order valence-corrected chi connectivity index (χ1v) is 7.02. The van der Waals surface area contributed by atoms with Crippen LogP contribution in [0, 0.1) is 0 Å². The van der Waals surface area contributed by atoms with Gasteiger partial charge in [0.2, 0.25) is 0 Å². The van der Waals surface area contributed by atoms with Crippen molar-refractivity contribution in [3.05, 3.63) is 56.2 Å². The normalized spacial score (nSPS) is 12.3. The molecule has 1 aromatic heterocycles. The number of hydrogen-bond acceptors (Lipinski definition) is 2. The lowest BCUT2D eigenvalue weighted by atomic mass is 10.1. The highest BCUT2D eigenvalue weighted by atomic mass is 35.5. The van der Waals surface area contributed by atoms with Crippen molar-refractivity contribution in [2.45, 2.75) is 13.0 Å². The molecule has 0 aliphatic carbocycles. The number of halogens is 4. The average Bonchev–Trinajstić information content (AvgIpc) is 2.39. The number of nitrogens with zero attached hydrogens (tertiary/aromatic N) is 1. The molecule has 1 atom stereocenters. The van der Waals surface area contributed by atoms with Gasteiger partial charge in [-0.05, 0) is 30.7 Å². The molecule has 0 aliphatic rings. The zero-order valence-electron chi connectivity index (χ0n) is 9.92. The molecule has 0 aliphatic heterocycles. The maximum atomic E-state index is 6.19. The Bertz CT molecular complexity index is 601. The van der Waals surface area contributed by atoms with E-state index in [9.17, 15) is 0 Å². The molecule has 19 heavy (non-hydrogen) atoms. The monoisotopic (exact) mass is 334 g/mol. The Balaban J connectivity index is 2.28. The Hall–Kier alpha value is -0.670. The quantitative estimate of drug-likeness (QED) is 0.560. The fourth-order valence-corrected chi connectivity index (χ4v) is 2.56. The summed E-state index contributed by atoms with van der Waals surface area (Å²) in [4.78, 5) is 4.00. The fraction of sp³-hybridized carbons (Fsp3) is 0.154. The lowest BCUT2D eigenvalue weighted by molar-refractivity contribution is 0.883. The van der Waals surface area contributed by atoms with Crippen molar-refractivity contribution in [2.75, 3.05) is 5.32 Å². The van der Waals surface area contributed by atoms with Crippen LogP contribution in [0.4, 0.5) is 5.69 Å². The van der Waals surface area contributed by atoms with Crippen LogP contribution in [0.3, 0.4) is 0 Å². The molecule has 0 bridgehead atoms. The minimum absolute atomic E-state index is 0.0797. The predicted molar refractivity (Wildman–Crippen MR) is 82.8 cm³/mol. The van der Waals surface area contributed by atoms with E-state index in [1.54, 1.807) is 18.3 Å². The summed E-state index contributed by atoms with van der Waals surface area (Å²) >= 11 is 24.1. The zero-order valence-corrected chi connectivity index (χ0v) is 12.9. The largest absolute Gasteiger partial charge is 0.376 e. The van der Waals surface area contributed by atoms with Gasteiger partial charge in [-0.1, -0.05) is 52.5 Å². The Morgan fingerprint density at radius 3 is 2.47 bits per heavy atom. The molecule has 0 amide bonds. The summed E-state index contributed by atoms with van der Waals surface area (Å²) in [5.74, 6) is 0. The van der Waals surface area contributed by atoms with Gasteiger partial charge in [0.25, 0.3) is 0 Å². The molecule has 2 aromatic rings. The summed E-state index contributed by atoms with van der Waals surface area (Å²) < 4.78 is 0. The van der Waals surface area contributed by atoms with E-state index in [4.69, 9.17) is 46.4 Å². The molecule has 0 saturated heterocycles. The molecule has 6 heteroatoms. The second kappa shape index (κ2) is 6.19. The molecule has 0 spiro atoms. The summed E-state index contributed by atoms with van der Waals surface area (Å²) in [6.45, 7) is 1.95. The summed E-state index contributed by atoms with van der Waals surface area (Å²) in [5, 5.41) is 4.87. The van der Waals surface area contributed by atoms with Gasteiger partial charge < -0.3 is 5.32 Å². The van der Waals surface area contributed by atoms with Gasteiger partial charge in [-0.3, -0.25) is 0 Å². The van der Waals surface area contributed by atoms with Crippen molar-refractivity contribution in [1.82, 2.24) is 4.98 Å². The van der Waals surface area contributed by atoms with Gasteiger partial charge in [-0.25, -0.2) is 4.98 Å². The maximum absolute atomic E-state index is 6.19. The van der Waals surface area contributed by atoms with Crippen LogP contribution in [-0.4, -0.2) is 4.98 Å². The molecule has 1 unspecified atom stereocenters. The minimum atomic E-state index is -0.0797. The van der Waals surface area contributed by atoms with Crippen LogP contribution >= 0.6 is 46.4 Å². The van der Waals surface area contributed by atoms with E-state index in [1.165, 1.54) is 0 Å². The molecule has 2 nitrogen and oxygen atoms in total. The molecule has 2 rings (SSSR count). The van der Waals surface area contributed by atoms with Crippen LogP contribution in [-0.2, 0) is 0 Å². The van der Waals surface area contributed by atoms with Crippen molar-refractivity contribution >= 4 is 52.1 Å². The van der Waals surface area contributed by atoms with Crippen molar-refractivity contribution < 1.29 is 0 Å². The lowest BCUT2D eigenvalue weighted by Crippen LogP contribution is -2.08. The van der Waals surface area contributed by atoms with E-state index < -0.39 is 0 Å². The van der Waals surface area contributed by atoms with Gasteiger partial charge in [-0.2, -0.15) is 0 Å². The topological polar surface area (TPSA) is 24.9 Å². The summed E-state index contributed by atoms with van der Waals surface area (Å²) in [6, 6.07) is 7.12. The number of nitrogens with one attached hydrogen (secondary N) is 1. The highest BCUT2D eigenvalue weighted by Gasteiger charge is 2.15. The van der Waals surface area contributed by atoms with Crippen molar-refractivity contribution in [2.24, 2.45) is 0 Å². The molecule has 100 valence electrons. The SMILES string of the molecule is CC(Nc1cccnc1Cl)c1ccc(Cl)c(Cl)c1Cl. The molecular weight excluding hydrogens is 326 g/mol. The Kier molecular flexibility index (Phi) is 4.80. The predicted octanol–water partition coefficient (Wildman–Crippen LogP) is 5.87. The van der Waals surface area contributed by atoms with Crippen LogP contribution in [0.15, 0.2) is 30.5 Å². The molecular formula is C13H10Cl4N2. The average molecular weight is 336 g/mol. The van der Waals surface area contributed by atoms with Crippen molar-refractivity contribution in [3.63, 3.8) is 0 Å². The standard InChI is InChI=1S/C13H10Cl4N2/c1-7(19-10-3-2-6-18-13(10)17)8-4-5-9(14)12(16)11(8)15/h2-7,19H,1H3.